The third kappa shape index (κ3) is 2.40. The van der Waals surface area contributed by atoms with Crippen LogP contribution in [0.1, 0.15) is 18.7 Å². The summed E-state index contributed by atoms with van der Waals surface area (Å²) in [6, 6.07) is 5.27. The summed E-state index contributed by atoms with van der Waals surface area (Å²) in [5, 5.41) is 17.7. The number of hydrogen-bond donors (Lipinski definition) is 1. The van der Waals surface area contributed by atoms with E-state index in [1.807, 2.05) is 0 Å². The second-order valence-electron chi connectivity index (χ2n) is 3.58. The fourth-order valence-corrected chi connectivity index (χ4v) is 1.58. The van der Waals surface area contributed by atoms with Gasteiger partial charge in [-0.1, -0.05) is 16.8 Å². The van der Waals surface area contributed by atoms with Gasteiger partial charge in [0.2, 0.25) is 0 Å². The lowest BCUT2D eigenvalue weighted by atomic mass is 10.3. The standard InChI is InChI=1S/C11H12ClN3O2/c1-7(16)10-6-15(14-13-10)8-3-4-9(12)11(5-8)17-2/h3-7,16H,1-2H3. The molecule has 1 unspecified atom stereocenters. The highest BCUT2D eigenvalue weighted by Crippen LogP contribution is 2.26. The van der Waals surface area contributed by atoms with Gasteiger partial charge in [-0.3, -0.25) is 0 Å². The van der Waals surface area contributed by atoms with Gasteiger partial charge in [-0.05, 0) is 19.1 Å². The number of nitrogens with zero attached hydrogens (tertiary/aromatic N) is 3. The number of aliphatic hydroxyl groups excluding tert-OH is 1. The average molecular weight is 254 g/mol. The maximum Gasteiger partial charge on any atom is 0.139 e. The van der Waals surface area contributed by atoms with Gasteiger partial charge in [-0.25, -0.2) is 4.68 Å². The van der Waals surface area contributed by atoms with Gasteiger partial charge in [-0.2, -0.15) is 0 Å². The quantitative estimate of drug-likeness (QED) is 0.909. The molecule has 0 bridgehead atoms. The Balaban J connectivity index is 2.38. The lowest BCUT2D eigenvalue weighted by Gasteiger charge is -2.05. The highest BCUT2D eigenvalue weighted by Gasteiger charge is 2.09. The van der Waals surface area contributed by atoms with Crippen molar-refractivity contribution in [1.82, 2.24) is 15.0 Å². The van der Waals surface area contributed by atoms with E-state index in [1.165, 1.54) is 0 Å². The zero-order valence-corrected chi connectivity index (χ0v) is 10.2. The first-order chi connectivity index (χ1) is 8.11. The SMILES string of the molecule is COc1cc(-n2cc(C(C)O)nn2)ccc1Cl. The molecule has 1 aromatic heterocycles. The molecule has 0 fully saturated rings. The van der Waals surface area contributed by atoms with Gasteiger partial charge in [0, 0.05) is 6.07 Å². The van der Waals surface area contributed by atoms with E-state index in [2.05, 4.69) is 10.3 Å². The molecule has 1 aromatic carbocycles. The lowest BCUT2D eigenvalue weighted by molar-refractivity contribution is 0.194. The van der Waals surface area contributed by atoms with E-state index in [0.29, 0.717) is 16.5 Å². The first-order valence-electron chi connectivity index (χ1n) is 5.06. The van der Waals surface area contributed by atoms with E-state index in [4.69, 9.17) is 16.3 Å². The number of rotatable bonds is 3. The average Bonchev–Trinajstić information content (AvgIpc) is 2.79. The molecular formula is C11H12ClN3O2. The fourth-order valence-electron chi connectivity index (χ4n) is 1.39. The predicted molar refractivity (Wildman–Crippen MR) is 63.6 cm³/mol. The molecule has 2 aromatic rings. The maximum absolute atomic E-state index is 9.37. The first kappa shape index (κ1) is 11.9. The van der Waals surface area contributed by atoms with Crippen molar-refractivity contribution in [2.45, 2.75) is 13.0 Å². The number of aliphatic hydroxyl groups is 1. The van der Waals surface area contributed by atoms with Crippen LogP contribution in [0.4, 0.5) is 0 Å². The van der Waals surface area contributed by atoms with Crippen LogP contribution in [0.5, 0.6) is 5.75 Å². The second-order valence-corrected chi connectivity index (χ2v) is 3.99. The summed E-state index contributed by atoms with van der Waals surface area (Å²) in [7, 11) is 1.55. The van der Waals surface area contributed by atoms with Crippen molar-refractivity contribution in [1.29, 1.82) is 0 Å². The van der Waals surface area contributed by atoms with Gasteiger partial charge in [0.05, 0.1) is 30.1 Å². The number of benzene rings is 1. The third-order valence-corrected chi connectivity index (χ3v) is 2.65. The zero-order valence-electron chi connectivity index (χ0n) is 9.46. The molecule has 0 saturated heterocycles. The van der Waals surface area contributed by atoms with Crippen LogP contribution >= 0.6 is 11.6 Å². The largest absolute Gasteiger partial charge is 0.495 e. The summed E-state index contributed by atoms with van der Waals surface area (Å²) < 4.78 is 6.67. The molecule has 0 amide bonds. The van der Waals surface area contributed by atoms with E-state index in [9.17, 15) is 5.11 Å². The molecule has 6 heteroatoms. The van der Waals surface area contributed by atoms with Gasteiger partial charge < -0.3 is 9.84 Å². The molecule has 0 aliphatic heterocycles. The Kier molecular flexibility index (Phi) is 3.31. The highest BCUT2D eigenvalue weighted by molar-refractivity contribution is 6.32. The van der Waals surface area contributed by atoms with Crippen molar-refractivity contribution in [3.63, 3.8) is 0 Å². The summed E-state index contributed by atoms with van der Waals surface area (Å²) in [5.74, 6) is 0.568. The molecule has 17 heavy (non-hydrogen) atoms. The Hall–Kier alpha value is -1.59. The zero-order chi connectivity index (χ0) is 12.4. The van der Waals surface area contributed by atoms with Crippen LogP contribution in [-0.4, -0.2) is 27.2 Å². The van der Waals surface area contributed by atoms with Gasteiger partial charge >= 0.3 is 0 Å². The summed E-state index contributed by atoms with van der Waals surface area (Å²) in [6.07, 6.45) is 1.02. The van der Waals surface area contributed by atoms with Crippen LogP contribution in [0, 0.1) is 0 Å². The lowest BCUT2D eigenvalue weighted by Crippen LogP contribution is -1.96. The first-order valence-corrected chi connectivity index (χ1v) is 5.44. The van der Waals surface area contributed by atoms with Gasteiger partial charge in [0.25, 0.3) is 0 Å². The normalized spacial score (nSPS) is 12.5. The van der Waals surface area contributed by atoms with Crippen molar-refractivity contribution in [2.24, 2.45) is 0 Å². The number of halogens is 1. The van der Waals surface area contributed by atoms with E-state index < -0.39 is 6.10 Å². The second kappa shape index (κ2) is 4.73. The number of hydrogen-bond acceptors (Lipinski definition) is 4. The van der Waals surface area contributed by atoms with Gasteiger partial charge in [-0.15, -0.1) is 5.10 Å². The van der Waals surface area contributed by atoms with Crippen molar-refractivity contribution >= 4 is 11.6 Å². The smallest absolute Gasteiger partial charge is 0.139 e. The van der Waals surface area contributed by atoms with Crippen LogP contribution in [0.3, 0.4) is 0 Å². The highest BCUT2D eigenvalue weighted by atomic mass is 35.5. The summed E-state index contributed by atoms with van der Waals surface area (Å²) in [6.45, 7) is 1.64. The summed E-state index contributed by atoms with van der Waals surface area (Å²) in [5.41, 5.74) is 1.28. The Morgan fingerprint density at radius 3 is 2.82 bits per heavy atom. The van der Waals surface area contributed by atoms with Gasteiger partial charge in [0.15, 0.2) is 0 Å². The van der Waals surface area contributed by atoms with Crippen LogP contribution < -0.4 is 4.74 Å². The number of aromatic nitrogens is 3. The molecule has 0 radical (unpaired) electrons. The molecule has 0 aliphatic rings. The Morgan fingerprint density at radius 1 is 1.47 bits per heavy atom. The van der Waals surface area contributed by atoms with E-state index >= 15 is 0 Å². The van der Waals surface area contributed by atoms with Crippen molar-refractivity contribution < 1.29 is 9.84 Å². The molecule has 90 valence electrons. The predicted octanol–water partition coefficient (Wildman–Crippen LogP) is 1.98. The van der Waals surface area contributed by atoms with Crippen LogP contribution in [0.25, 0.3) is 5.69 Å². The maximum atomic E-state index is 9.37. The topological polar surface area (TPSA) is 60.2 Å². The van der Waals surface area contributed by atoms with Crippen LogP contribution in [0.15, 0.2) is 24.4 Å². The Bertz CT molecular complexity index is 525. The molecule has 1 atom stereocenters. The van der Waals surface area contributed by atoms with Crippen molar-refractivity contribution in [3.8, 4) is 11.4 Å². The van der Waals surface area contributed by atoms with Crippen molar-refractivity contribution in [2.75, 3.05) is 7.11 Å². The fraction of sp³-hybridized carbons (Fsp3) is 0.273. The third-order valence-electron chi connectivity index (χ3n) is 2.34. The summed E-state index contributed by atoms with van der Waals surface area (Å²) >= 11 is 5.93. The number of ether oxygens (including phenoxy) is 1. The minimum absolute atomic E-state index is 0.513. The van der Waals surface area contributed by atoms with Gasteiger partial charge in [0.1, 0.15) is 11.4 Å². The minimum Gasteiger partial charge on any atom is -0.495 e. The van der Waals surface area contributed by atoms with E-state index in [-0.39, 0.29) is 0 Å². The molecule has 0 aliphatic carbocycles. The molecule has 0 spiro atoms. The summed E-state index contributed by atoms with van der Waals surface area (Å²) in [4.78, 5) is 0. The minimum atomic E-state index is -0.641. The molecule has 2 rings (SSSR count). The molecule has 1 heterocycles. The Labute approximate surface area is 104 Å². The number of methoxy groups -OCH3 is 1. The molecular weight excluding hydrogens is 242 g/mol. The molecule has 5 nitrogen and oxygen atoms in total. The van der Waals surface area contributed by atoms with Crippen LogP contribution in [-0.2, 0) is 0 Å². The Morgan fingerprint density at radius 2 is 2.24 bits per heavy atom. The molecule has 1 N–H and O–H groups in total. The van der Waals surface area contributed by atoms with Crippen molar-refractivity contribution in [3.05, 3.63) is 35.1 Å². The van der Waals surface area contributed by atoms with E-state index in [0.717, 1.165) is 5.69 Å². The molecule has 0 saturated carbocycles. The van der Waals surface area contributed by atoms with E-state index in [1.54, 1.807) is 43.1 Å². The monoisotopic (exact) mass is 253 g/mol. The van der Waals surface area contributed by atoms with Crippen LogP contribution in [0.2, 0.25) is 5.02 Å².